The number of thiophene rings is 1. The molecule has 98 valence electrons. The molecule has 6 heteroatoms. The fourth-order valence-electron chi connectivity index (χ4n) is 1.94. The molecule has 5 nitrogen and oxygen atoms in total. The minimum absolute atomic E-state index is 0.0829. The predicted octanol–water partition coefficient (Wildman–Crippen LogP) is 0.993. The van der Waals surface area contributed by atoms with Gasteiger partial charge in [0.2, 0.25) is 5.91 Å². The van der Waals surface area contributed by atoms with Gasteiger partial charge in [-0.05, 0) is 28.8 Å². The third-order valence-electron chi connectivity index (χ3n) is 2.94. The highest BCUT2D eigenvalue weighted by atomic mass is 32.1. The van der Waals surface area contributed by atoms with Crippen LogP contribution < -0.4 is 0 Å². The summed E-state index contributed by atoms with van der Waals surface area (Å²) in [5, 5.41) is 13.0. The minimum Gasteiger partial charge on any atom is -0.480 e. The van der Waals surface area contributed by atoms with Crippen LogP contribution in [0.5, 0.6) is 0 Å². The number of aryl methyl sites for hydroxylation is 1. The molecule has 0 saturated carbocycles. The molecular weight excluding hydrogens is 254 g/mol. The Labute approximate surface area is 109 Å². The van der Waals surface area contributed by atoms with Gasteiger partial charge in [0.15, 0.2) is 6.04 Å². The zero-order valence-corrected chi connectivity index (χ0v) is 10.7. The smallest absolute Gasteiger partial charge is 0.328 e. The van der Waals surface area contributed by atoms with Gasteiger partial charge in [-0.3, -0.25) is 4.79 Å². The van der Waals surface area contributed by atoms with Gasteiger partial charge < -0.3 is 14.7 Å². The maximum atomic E-state index is 12.0. The summed E-state index contributed by atoms with van der Waals surface area (Å²) in [5.74, 6) is -1.12. The Morgan fingerprint density at radius 2 is 2.39 bits per heavy atom. The number of carbonyl (C=O) groups is 2. The topological polar surface area (TPSA) is 66.8 Å². The number of amides is 1. The minimum atomic E-state index is -1.00. The predicted molar refractivity (Wildman–Crippen MR) is 66.6 cm³/mol. The molecule has 1 aliphatic heterocycles. The first kappa shape index (κ1) is 13.0. The Hall–Kier alpha value is -1.40. The number of nitrogens with zero attached hydrogens (tertiary/aromatic N) is 1. The summed E-state index contributed by atoms with van der Waals surface area (Å²) < 4.78 is 5.10. The van der Waals surface area contributed by atoms with Gasteiger partial charge >= 0.3 is 5.97 Å². The summed E-state index contributed by atoms with van der Waals surface area (Å²) in [6.07, 6.45) is 1.01. The molecule has 1 amide bonds. The van der Waals surface area contributed by atoms with E-state index in [9.17, 15) is 9.59 Å². The van der Waals surface area contributed by atoms with E-state index in [0.717, 1.165) is 5.56 Å². The van der Waals surface area contributed by atoms with Crippen LogP contribution in [-0.4, -0.2) is 47.7 Å². The van der Waals surface area contributed by atoms with Crippen LogP contribution in [0.4, 0.5) is 0 Å². The first-order valence-corrected chi connectivity index (χ1v) is 6.74. The fourth-order valence-corrected chi connectivity index (χ4v) is 2.64. The number of ether oxygens (including phenoxy) is 1. The van der Waals surface area contributed by atoms with Crippen molar-refractivity contribution < 1.29 is 19.4 Å². The molecule has 1 atom stereocenters. The molecule has 0 spiro atoms. The van der Waals surface area contributed by atoms with Crippen LogP contribution in [0, 0.1) is 0 Å². The molecule has 1 aliphatic rings. The van der Waals surface area contributed by atoms with Crippen molar-refractivity contribution in [2.24, 2.45) is 0 Å². The zero-order valence-electron chi connectivity index (χ0n) is 9.87. The SMILES string of the molecule is O=C(O)[C@H]1COCCN1C(=O)CCc1ccsc1. The third-order valence-corrected chi connectivity index (χ3v) is 3.67. The first-order chi connectivity index (χ1) is 8.68. The second-order valence-electron chi connectivity index (χ2n) is 4.15. The summed E-state index contributed by atoms with van der Waals surface area (Å²) in [5.41, 5.74) is 1.12. The highest BCUT2D eigenvalue weighted by Crippen LogP contribution is 2.13. The van der Waals surface area contributed by atoms with Crippen LogP contribution in [0.2, 0.25) is 0 Å². The molecule has 0 unspecified atom stereocenters. The van der Waals surface area contributed by atoms with E-state index in [1.807, 2.05) is 16.8 Å². The van der Waals surface area contributed by atoms with Gasteiger partial charge in [0.25, 0.3) is 0 Å². The van der Waals surface area contributed by atoms with Gasteiger partial charge in [-0.2, -0.15) is 11.3 Å². The van der Waals surface area contributed by atoms with Crippen molar-refractivity contribution in [1.82, 2.24) is 4.90 Å². The number of morpholine rings is 1. The Kier molecular flexibility index (Phi) is 4.33. The molecule has 0 bridgehead atoms. The monoisotopic (exact) mass is 269 g/mol. The average molecular weight is 269 g/mol. The lowest BCUT2D eigenvalue weighted by atomic mass is 10.1. The van der Waals surface area contributed by atoms with E-state index in [1.54, 1.807) is 11.3 Å². The van der Waals surface area contributed by atoms with Crippen molar-refractivity contribution in [2.45, 2.75) is 18.9 Å². The molecule has 1 aromatic rings. The summed E-state index contributed by atoms with van der Waals surface area (Å²) in [6, 6.07) is 1.14. The summed E-state index contributed by atoms with van der Waals surface area (Å²) in [6.45, 7) is 0.854. The van der Waals surface area contributed by atoms with Crippen LogP contribution in [0.15, 0.2) is 16.8 Å². The number of rotatable bonds is 4. The lowest BCUT2D eigenvalue weighted by Gasteiger charge is -2.32. The Bertz CT molecular complexity index is 418. The number of carboxylic acids is 1. The molecule has 2 rings (SSSR count). The first-order valence-electron chi connectivity index (χ1n) is 5.79. The summed E-state index contributed by atoms with van der Waals surface area (Å²) >= 11 is 1.59. The largest absolute Gasteiger partial charge is 0.480 e. The van der Waals surface area contributed by atoms with E-state index in [-0.39, 0.29) is 12.5 Å². The van der Waals surface area contributed by atoms with Crippen molar-refractivity contribution in [3.8, 4) is 0 Å². The van der Waals surface area contributed by atoms with Gasteiger partial charge in [-0.1, -0.05) is 0 Å². The van der Waals surface area contributed by atoms with Crippen molar-refractivity contribution in [1.29, 1.82) is 0 Å². The normalized spacial score (nSPS) is 19.8. The van der Waals surface area contributed by atoms with Gasteiger partial charge in [-0.25, -0.2) is 4.79 Å². The summed E-state index contributed by atoms with van der Waals surface area (Å²) in [7, 11) is 0. The number of carbonyl (C=O) groups excluding carboxylic acids is 1. The summed E-state index contributed by atoms with van der Waals surface area (Å²) in [4.78, 5) is 24.5. The lowest BCUT2D eigenvalue weighted by molar-refractivity contribution is -0.158. The molecule has 2 heterocycles. The molecule has 0 aliphatic carbocycles. The fraction of sp³-hybridized carbons (Fsp3) is 0.500. The number of carboxylic acid groups (broad SMARTS) is 1. The van der Waals surface area contributed by atoms with Crippen molar-refractivity contribution in [2.75, 3.05) is 19.8 Å². The molecule has 1 fully saturated rings. The molecule has 1 N–H and O–H groups in total. The maximum absolute atomic E-state index is 12.0. The lowest BCUT2D eigenvalue weighted by Crippen LogP contribution is -2.52. The van der Waals surface area contributed by atoms with Gasteiger partial charge in [0, 0.05) is 13.0 Å². The molecule has 0 aromatic carbocycles. The molecular formula is C12H15NO4S. The Balaban J connectivity index is 1.92. The molecule has 1 saturated heterocycles. The second-order valence-corrected chi connectivity index (χ2v) is 4.93. The Morgan fingerprint density at radius 1 is 1.56 bits per heavy atom. The Morgan fingerprint density at radius 3 is 3.06 bits per heavy atom. The van der Waals surface area contributed by atoms with Crippen molar-refractivity contribution in [3.05, 3.63) is 22.4 Å². The van der Waals surface area contributed by atoms with Crippen LogP contribution in [0.3, 0.4) is 0 Å². The number of hydrogen-bond acceptors (Lipinski definition) is 4. The van der Waals surface area contributed by atoms with E-state index in [4.69, 9.17) is 9.84 Å². The van der Waals surface area contributed by atoms with Crippen molar-refractivity contribution in [3.63, 3.8) is 0 Å². The third kappa shape index (κ3) is 3.08. The van der Waals surface area contributed by atoms with Crippen LogP contribution >= 0.6 is 11.3 Å². The van der Waals surface area contributed by atoms with E-state index in [2.05, 4.69) is 0 Å². The number of hydrogen-bond donors (Lipinski definition) is 1. The van der Waals surface area contributed by atoms with Crippen molar-refractivity contribution >= 4 is 23.2 Å². The van der Waals surface area contributed by atoms with Gasteiger partial charge in [-0.15, -0.1) is 0 Å². The highest BCUT2D eigenvalue weighted by Gasteiger charge is 2.32. The standard InChI is InChI=1S/C12H15NO4S/c14-11(2-1-9-3-6-18-8-9)13-4-5-17-7-10(13)12(15)16/h3,6,8,10H,1-2,4-5,7H2,(H,15,16)/t10-/m1/s1. The van der Waals surface area contributed by atoms with Crippen LogP contribution in [0.25, 0.3) is 0 Å². The maximum Gasteiger partial charge on any atom is 0.328 e. The molecule has 0 radical (unpaired) electrons. The van der Waals surface area contributed by atoms with E-state index < -0.39 is 12.0 Å². The number of aliphatic carboxylic acids is 1. The van der Waals surface area contributed by atoms with Gasteiger partial charge in [0.1, 0.15) is 0 Å². The van der Waals surface area contributed by atoms with Gasteiger partial charge in [0.05, 0.1) is 13.2 Å². The van der Waals surface area contributed by atoms with E-state index in [1.165, 1.54) is 4.90 Å². The highest BCUT2D eigenvalue weighted by molar-refractivity contribution is 7.07. The zero-order chi connectivity index (χ0) is 13.0. The van der Waals surface area contributed by atoms with Crippen LogP contribution in [0.1, 0.15) is 12.0 Å². The van der Waals surface area contributed by atoms with Crippen LogP contribution in [-0.2, 0) is 20.7 Å². The quantitative estimate of drug-likeness (QED) is 0.885. The molecule has 18 heavy (non-hydrogen) atoms. The molecule has 1 aromatic heterocycles. The van der Waals surface area contributed by atoms with E-state index >= 15 is 0 Å². The average Bonchev–Trinajstić information content (AvgIpc) is 2.89. The second kappa shape index (κ2) is 5.97. The van der Waals surface area contributed by atoms with E-state index in [0.29, 0.717) is 26.0 Å².